The molecule has 0 heterocycles. The highest BCUT2D eigenvalue weighted by Crippen LogP contribution is 2.28. The van der Waals surface area contributed by atoms with E-state index in [2.05, 4.69) is 0 Å². The minimum Gasteiger partial charge on any atom is -0.393 e. The molecule has 17 heavy (non-hydrogen) atoms. The van der Waals surface area contributed by atoms with Gasteiger partial charge in [-0.25, -0.2) is 8.78 Å². The summed E-state index contributed by atoms with van der Waals surface area (Å²) in [4.78, 5) is 0. The largest absolute Gasteiger partial charge is 0.393 e. The number of rotatable bonds is 2. The van der Waals surface area contributed by atoms with Crippen molar-refractivity contribution in [2.45, 2.75) is 44.6 Å². The molecule has 1 saturated carbocycles. The molecule has 1 fully saturated rings. The molecule has 0 saturated heterocycles. The minimum atomic E-state index is -0.469. The Labute approximate surface area is 100 Å². The summed E-state index contributed by atoms with van der Waals surface area (Å²) >= 11 is 0. The quantitative estimate of drug-likeness (QED) is 0.785. The average Bonchev–Trinajstić information content (AvgIpc) is 2.48. The van der Waals surface area contributed by atoms with Gasteiger partial charge in [0.15, 0.2) is 0 Å². The molecule has 1 aliphatic rings. The fraction of sp³-hybridized carbons (Fsp3) is 0.571. The molecule has 0 aromatic heterocycles. The molecule has 0 amide bonds. The molecule has 0 radical (unpaired) electrons. The van der Waals surface area contributed by atoms with Gasteiger partial charge in [0.05, 0.1) is 6.10 Å². The van der Waals surface area contributed by atoms with Crippen LogP contribution in [-0.2, 0) is 6.42 Å². The summed E-state index contributed by atoms with van der Waals surface area (Å²) in [5.41, 5.74) is 0.173. The number of benzene rings is 1. The van der Waals surface area contributed by atoms with Gasteiger partial charge in [-0.15, -0.1) is 0 Å². The Balaban J connectivity index is 2.09. The zero-order chi connectivity index (χ0) is 12.3. The third-order valence-corrected chi connectivity index (χ3v) is 3.56. The fourth-order valence-electron chi connectivity index (χ4n) is 2.63. The van der Waals surface area contributed by atoms with Gasteiger partial charge in [0, 0.05) is 5.56 Å². The third-order valence-electron chi connectivity index (χ3n) is 3.56. The van der Waals surface area contributed by atoms with E-state index in [1.807, 2.05) is 0 Å². The third kappa shape index (κ3) is 3.25. The van der Waals surface area contributed by atoms with Crippen LogP contribution in [0.15, 0.2) is 18.2 Å². The van der Waals surface area contributed by atoms with Crippen molar-refractivity contribution in [1.82, 2.24) is 0 Å². The maximum absolute atomic E-state index is 13.5. The first-order valence-corrected chi connectivity index (χ1v) is 6.27. The van der Waals surface area contributed by atoms with Gasteiger partial charge in [0.25, 0.3) is 0 Å². The molecule has 2 atom stereocenters. The molecule has 1 N–H and O–H groups in total. The molecule has 3 heteroatoms. The van der Waals surface area contributed by atoms with E-state index in [0.717, 1.165) is 25.7 Å². The summed E-state index contributed by atoms with van der Waals surface area (Å²) in [6.45, 7) is 0. The second-order valence-electron chi connectivity index (χ2n) is 4.94. The van der Waals surface area contributed by atoms with Crippen molar-refractivity contribution in [2.75, 3.05) is 0 Å². The van der Waals surface area contributed by atoms with E-state index in [1.165, 1.54) is 18.2 Å². The monoisotopic (exact) mass is 240 g/mol. The first kappa shape index (κ1) is 12.5. The van der Waals surface area contributed by atoms with E-state index in [0.29, 0.717) is 12.8 Å². The first-order valence-electron chi connectivity index (χ1n) is 6.27. The molecular weight excluding hydrogens is 222 g/mol. The van der Waals surface area contributed by atoms with E-state index < -0.39 is 11.6 Å². The lowest BCUT2D eigenvalue weighted by Gasteiger charge is -2.17. The van der Waals surface area contributed by atoms with Crippen molar-refractivity contribution in [1.29, 1.82) is 0 Å². The Morgan fingerprint density at radius 3 is 2.47 bits per heavy atom. The van der Waals surface area contributed by atoms with Crippen LogP contribution in [0.1, 0.15) is 37.7 Å². The zero-order valence-electron chi connectivity index (χ0n) is 9.83. The van der Waals surface area contributed by atoms with E-state index in [-0.39, 0.29) is 17.6 Å². The molecule has 1 aliphatic carbocycles. The van der Waals surface area contributed by atoms with Crippen molar-refractivity contribution in [3.63, 3.8) is 0 Å². The van der Waals surface area contributed by atoms with Crippen LogP contribution >= 0.6 is 0 Å². The smallest absolute Gasteiger partial charge is 0.129 e. The maximum atomic E-state index is 13.5. The Morgan fingerprint density at radius 1 is 1.12 bits per heavy atom. The molecule has 2 rings (SSSR count). The second-order valence-corrected chi connectivity index (χ2v) is 4.94. The van der Waals surface area contributed by atoms with Gasteiger partial charge in [-0.3, -0.25) is 0 Å². The summed E-state index contributed by atoms with van der Waals surface area (Å²) in [7, 11) is 0. The van der Waals surface area contributed by atoms with E-state index >= 15 is 0 Å². The maximum Gasteiger partial charge on any atom is 0.129 e. The summed E-state index contributed by atoms with van der Waals surface area (Å²) in [5, 5.41) is 9.69. The first-order chi connectivity index (χ1) is 8.16. The molecule has 0 aliphatic heterocycles. The van der Waals surface area contributed by atoms with Crippen LogP contribution in [0.25, 0.3) is 0 Å². The van der Waals surface area contributed by atoms with Crippen molar-refractivity contribution in [2.24, 2.45) is 5.92 Å². The van der Waals surface area contributed by atoms with Gasteiger partial charge < -0.3 is 5.11 Å². The highest BCUT2D eigenvalue weighted by atomic mass is 19.1. The Hall–Kier alpha value is -0.960. The van der Waals surface area contributed by atoms with Crippen LogP contribution < -0.4 is 0 Å². The molecule has 1 aromatic carbocycles. The number of aliphatic hydroxyl groups is 1. The molecule has 1 nitrogen and oxygen atoms in total. The van der Waals surface area contributed by atoms with Crippen LogP contribution in [0.5, 0.6) is 0 Å². The van der Waals surface area contributed by atoms with E-state index in [4.69, 9.17) is 0 Å². The van der Waals surface area contributed by atoms with Crippen LogP contribution in [0.4, 0.5) is 8.78 Å². The minimum absolute atomic E-state index is 0.173. The molecule has 0 bridgehead atoms. The lowest BCUT2D eigenvalue weighted by molar-refractivity contribution is 0.141. The SMILES string of the molecule is OC1CCCCC(Cc2c(F)cccc2F)C1. The van der Waals surface area contributed by atoms with Crippen LogP contribution in [0, 0.1) is 17.6 Å². The normalized spacial score (nSPS) is 25.6. The number of hydrogen-bond donors (Lipinski definition) is 1. The van der Waals surface area contributed by atoms with Crippen LogP contribution in [0.3, 0.4) is 0 Å². The van der Waals surface area contributed by atoms with Crippen molar-refractivity contribution >= 4 is 0 Å². The standard InChI is InChI=1S/C14H18F2O/c15-13-6-3-7-14(16)12(13)9-10-4-1-2-5-11(17)8-10/h3,6-7,10-11,17H,1-2,4-5,8-9H2. The number of aliphatic hydroxyl groups excluding tert-OH is 1. The van der Waals surface area contributed by atoms with Gasteiger partial charge in [0.2, 0.25) is 0 Å². The number of halogens is 2. The lowest BCUT2D eigenvalue weighted by Crippen LogP contribution is -2.14. The van der Waals surface area contributed by atoms with Gasteiger partial charge in [-0.2, -0.15) is 0 Å². The highest BCUT2D eigenvalue weighted by Gasteiger charge is 2.21. The van der Waals surface area contributed by atoms with Gasteiger partial charge in [-0.1, -0.05) is 25.3 Å². The second kappa shape index (κ2) is 5.58. The Bertz CT molecular complexity index is 358. The molecule has 94 valence electrons. The summed E-state index contributed by atoms with van der Waals surface area (Å²) in [6.07, 6.45) is 4.57. The topological polar surface area (TPSA) is 20.2 Å². The molecule has 0 spiro atoms. The summed E-state index contributed by atoms with van der Waals surface area (Å²) in [6, 6.07) is 3.98. The van der Waals surface area contributed by atoms with Crippen LogP contribution in [0.2, 0.25) is 0 Å². The van der Waals surface area contributed by atoms with E-state index in [1.54, 1.807) is 0 Å². The fourth-order valence-corrected chi connectivity index (χ4v) is 2.63. The summed E-state index contributed by atoms with van der Waals surface area (Å²) < 4.78 is 27.0. The molecule has 1 aromatic rings. The Kier molecular flexibility index (Phi) is 4.11. The number of hydrogen-bond acceptors (Lipinski definition) is 1. The molecule has 2 unspecified atom stereocenters. The highest BCUT2D eigenvalue weighted by molar-refractivity contribution is 5.20. The van der Waals surface area contributed by atoms with Gasteiger partial charge >= 0.3 is 0 Å². The molecular formula is C14H18F2O. The zero-order valence-corrected chi connectivity index (χ0v) is 9.83. The van der Waals surface area contributed by atoms with Gasteiger partial charge in [0.1, 0.15) is 11.6 Å². The van der Waals surface area contributed by atoms with Crippen molar-refractivity contribution < 1.29 is 13.9 Å². The predicted octanol–water partition coefficient (Wildman–Crippen LogP) is 3.45. The van der Waals surface area contributed by atoms with Crippen LogP contribution in [-0.4, -0.2) is 11.2 Å². The van der Waals surface area contributed by atoms with Crippen molar-refractivity contribution in [3.8, 4) is 0 Å². The van der Waals surface area contributed by atoms with Gasteiger partial charge in [-0.05, 0) is 37.3 Å². The predicted molar refractivity (Wildman–Crippen MR) is 62.6 cm³/mol. The summed E-state index contributed by atoms with van der Waals surface area (Å²) in [5.74, 6) is -0.744. The average molecular weight is 240 g/mol. The van der Waals surface area contributed by atoms with E-state index in [9.17, 15) is 13.9 Å². The lowest BCUT2D eigenvalue weighted by atomic mass is 9.91. The van der Waals surface area contributed by atoms with Crippen molar-refractivity contribution in [3.05, 3.63) is 35.4 Å². The Morgan fingerprint density at radius 2 is 1.76 bits per heavy atom.